The number of fused-ring (bicyclic) bond motifs is 2. The second-order valence-electron chi connectivity index (χ2n) is 6.49. The summed E-state index contributed by atoms with van der Waals surface area (Å²) >= 11 is 1.56. The highest BCUT2D eigenvalue weighted by molar-refractivity contribution is 7.17. The van der Waals surface area contributed by atoms with Crippen LogP contribution in [0.25, 0.3) is 0 Å². The Kier molecular flexibility index (Phi) is 4.11. The molecular formula is C16H24N2OS. The van der Waals surface area contributed by atoms with Crippen molar-refractivity contribution in [1.29, 1.82) is 0 Å². The van der Waals surface area contributed by atoms with Gasteiger partial charge in [-0.3, -0.25) is 4.79 Å². The predicted molar refractivity (Wildman–Crippen MR) is 83.7 cm³/mol. The van der Waals surface area contributed by atoms with Crippen molar-refractivity contribution < 1.29 is 4.79 Å². The van der Waals surface area contributed by atoms with Gasteiger partial charge in [0, 0.05) is 13.6 Å². The lowest BCUT2D eigenvalue weighted by Crippen LogP contribution is -2.28. The van der Waals surface area contributed by atoms with E-state index in [9.17, 15) is 4.79 Å². The fourth-order valence-corrected chi connectivity index (χ4v) is 4.95. The Labute approximate surface area is 125 Å². The Morgan fingerprint density at radius 3 is 2.85 bits per heavy atom. The average molecular weight is 292 g/mol. The third-order valence-electron chi connectivity index (χ3n) is 5.03. The molecule has 2 saturated carbocycles. The van der Waals surface area contributed by atoms with Crippen molar-refractivity contribution in [3.8, 4) is 0 Å². The molecule has 2 aliphatic rings. The minimum Gasteiger partial charge on any atom is -0.351 e. The predicted octanol–water partition coefficient (Wildman–Crippen LogP) is 3.78. The number of carbonyl (C=O) groups is 1. The van der Waals surface area contributed by atoms with Crippen LogP contribution in [-0.4, -0.2) is 24.9 Å². The van der Waals surface area contributed by atoms with Crippen LogP contribution in [0.1, 0.15) is 54.4 Å². The lowest BCUT2D eigenvalue weighted by atomic mass is 9.88. The van der Waals surface area contributed by atoms with Crippen LogP contribution in [0.15, 0.2) is 0 Å². The van der Waals surface area contributed by atoms with E-state index in [1.807, 2.05) is 0 Å². The SMILES string of the molecule is CCCc1nc(N(C)CC2CC3CCC2C3)sc1C=O. The maximum atomic E-state index is 11.1. The van der Waals surface area contributed by atoms with Gasteiger partial charge in [-0.25, -0.2) is 4.98 Å². The molecular weight excluding hydrogens is 268 g/mol. The molecule has 0 N–H and O–H groups in total. The molecule has 110 valence electrons. The first-order valence-corrected chi connectivity index (χ1v) is 8.69. The first-order chi connectivity index (χ1) is 9.71. The van der Waals surface area contributed by atoms with Crippen molar-refractivity contribution >= 4 is 22.8 Å². The van der Waals surface area contributed by atoms with Crippen LogP contribution in [0, 0.1) is 17.8 Å². The molecule has 1 aromatic rings. The molecule has 2 bridgehead atoms. The number of hydrogen-bond acceptors (Lipinski definition) is 4. The fraction of sp³-hybridized carbons (Fsp3) is 0.750. The Balaban J connectivity index is 1.67. The van der Waals surface area contributed by atoms with E-state index in [2.05, 4.69) is 23.9 Å². The summed E-state index contributed by atoms with van der Waals surface area (Å²) in [5, 5.41) is 1.03. The number of aromatic nitrogens is 1. The normalized spacial score (nSPS) is 28.0. The molecule has 1 heterocycles. The molecule has 3 rings (SSSR count). The molecule has 20 heavy (non-hydrogen) atoms. The molecule has 0 aromatic carbocycles. The highest BCUT2D eigenvalue weighted by Gasteiger charge is 2.39. The zero-order chi connectivity index (χ0) is 14.1. The molecule has 1 aromatic heterocycles. The van der Waals surface area contributed by atoms with Gasteiger partial charge in [-0.15, -0.1) is 0 Å². The fourth-order valence-electron chi connectivity index (χ4n) is 4.05. The Bertz CT molecular complexity index is 485. The largest absolute Gasteiger partial charge is 0.351 e. The second kappa shape index (κ2) is 5.84. The van der Waals surface area contributed by atoms with E-state index in [4.69, 9.17) is 0 Å². The molecule has 0 saturated heterocycles. The van der Waals surface area contributed by atoms with E-state index in [0.29, 0.717) is 0 Å². The molecule has 2 fully saturated rings. The van der Waals surface area contributed by atoms with Crippen molar-refractivity contribution in [1.82, 2.24) is 4.98 Å². The third kappa shape index (κ3) is 2.62. The van der Waals surface area contributed by atoms with Crippen LogP contribution in [0.5, 0.6) is 0 Å². The first-order valence-electron chi connectivity index (χ1n) is 7.87. The van der Waals surface area contributed by atoms with E-state index >= 15 is 0 Å². The Hall–Kier alpha value is -0.900. The molecule has 4 heteroatoms. The molecule has 3 nitrogen and oxygen atoms in total. The van der Waals surface area contributed by atoms with E-state index in [-0.39, 0.29) is 0 Å². The lowest BCUT2D eigenvalue weighted by Gasteiger charge is -2.26. The standard InChI is InChI=1S/C16H24N2OS/c1-3-4-14-15(10-19)20-16(17-14)18(2)9-13-8-11-5-6-12(13)7-11/h10-13H,3-9H2,1-2H3. The molecule has 3 unspecified atom stereocenters. The van der Waals surface area contributed by atoms with Gasteiger partial charge in [0.2, 0.25) is 0 Å². The number of aldehydes is 1. The summed E-state index contributed by atoms with van der Waals surface area (Å²) in [6, 6.07) is 0. The minimum atomic E-state index is 0.821. The van der Waals surface area contributed by atoms with Gasteiger partial charge in [0.25, 0.3) is 0 Å². The van der Waals surface area contributed by atoms with Crippen LogP contribution in [-0.2, 0) is 6.42 Å². The second-order valence-corrected chi connectivity index (χ2v) is 7.50. The molecule has 3 atom stereocenters. The molecule has 0 aliphatic heterocycles. The molecule has 0 radical (unpaired) electrons. The molecule has 2 aliphatic carbocycles. The lowest BCUT2D eigenvalue weighted by molar-refractivity contribution is 0.112. The highest BCUT2D eigenvalue weighted by Crippen LogP contribution is 2.48. The molecule has 0 spiro atoms. The van der Waals surface area contributed by atoms with Gasteiger partial charge in [0.15, 0.2) is 11.4 Å². The summed E-state index contributed by atoms with van der Waals surface area (Å²) in [4.78, 5) is 18.9. The van der Waals surface area contributed by atoms with Crippen molar-refractivity contribution in [3.63, 3.8) is 0 Å². The monoisotopic (exact) mass is 292 g/mol. The first kappa shape index (κ1) is 14.1. The maximum absolute atomic E-state index is 11.1. The summed E-state index contributed by atoms with van der Waals surface area (Å²) in [5.74, 6) is 2.79. The van der Waals surface area contributed by atoms with Crippen LogP contribution >= 0.6 is 11.3 Å². The van der Waals surface area contributed by atoms with Gasteiger partial charge in [0.1, 0.15) is 0 Å². The minimum absolute atomic E-state index is 0.821. The van der Waals surface area contributed by atoms with Crippen LogP contribution in [0.2, 0.25) is 0 Å². The third-order valence-corrected chi connectivity index (χ3v) is 6.17. The number of thiazole rings is 1. The quantitative estimate of drug-likeness (QED) is 0.748. The summed E-state index contributed by atoms with van der Waals surface area (Å²) in [6.45, 7) is 3.24. The number of nitrogens with zero attached hydrogens (tertiary/aromatic N) is 2. The van der Waals surface area contributed by atoms with Gasteiger partial charge in [-0.05, 0) is 43.4 Å². The zero-order valence-corrected chi connectivity index (χ0v) is 13.3. The van der Waals surface area contributed by atoms with Crippen molar-refractivity contribution in [2.24, 2.45) is 17.8 Å². The smallest absolute Gasteiger partial charge is 0.185 e. The maximum Gasteiger partial charge on any atom is 0.185 e. The van der Waals surface area contributed by atoms with Crippen molar-refractivity contribution in [2.45, 2.75) is 45.4 Å². The molecule has 0 amide bonds. The Morgan fingerprint density at radius 2 is 2.25 bits per heavy atom. The zero-order valence-electron chi connectivity index (χ0n) is 12.5. The van der Waals surface area contributed by atoms with Gasteiger partial charge in [-0.1, -0.05) is 31.1 Å². The average Bonchev–Trinajstić information content (AvgIpc) is 3.13. The topological polar surface area (TPSA) is 33.2 Å². The highest BCUT2D eigenvalue weighted by atomic mass is 32.1. The van der Waals surface area contributed by atoms with Crippen molar-refractivity contribution in [3.05, 3.63) is 10.6 Å². The summed E-state index contributed by atoms with van der Waals surface area (Å²) < 4.78 is 0. The number of rotatable bonds is 6. The van der Waals surface area contributed by atoms with Crippen LogP contribution < -0.4 is 4.90 Å². The number of carbonyl (C=O) groups excluding carboxylic acids is 1. The summed E-state index contributed by atoms with van der Waals surface area (Å²) in [5.41, 5.74) is 0.988. The number of anilines is 1. The summed E-state index contributed by atoms with van der Waals surface area (Å²) in [7, 11) is 2.13. The number of hydrogen-bond donors (Lipinski definition) is 0. The summed E-state index contributed by atoms with van der Waals surface area (Å²) in [6.07, 6.45) is 8.67. The van der Waals surface area contributed by atoms with Crippen molar-refractivity contribution in [2.75, 3.05) is 18.5 Å². The van der Waals surface area contributed by atoms with E-state index in [0.717, 1.165) is 59.1 Å². The number of aryl methyl sites for hydroxylation is 1. The Morgan fingerprint density at radius 1 is 1.40 bits per heavy atom. The van der Waals surface area contributed by atoms with E-state index < -0.39 is 0 Å². The van der Waals surface area contributed by atoms with Gasteiger partial charge in [0.05, 0.1) is 10.6 Å². The van der Waals surface area contributed by atoms with Crippen LogP contribution in [0.3, 0.4) is 0 Å². The van der Waals surface area contributed by atoms with Gasteiger partial charge < -0.3 is 4.90 Å². The van der Waals surface area contributed by atoms with E-state index in [1.165, 1.54) is 25.7 Å². The van der Waals surface area contributed by atoms with Gasteiger partial charge in [-0.2, -0.15) is 0 Å². The van der Waals surface area contributed by atoms with E-state index in [1.54, 1.807) is 11.3 Å². The van der Waals surface area contributed by atoms with Crippen LogP contribution in [0.4, 0.5) is 5.13 Å². The van der Waals surface area contributed by atoms with Gasteiger partial charge >= 0.3 is 0 Å².